The normalized spacial score (nSPS) is 11.9. The van der Waals surface area contributed by atoms with Gasteiger partial charge >= 0.3 is 11.9 Å². The van der Waals surface area contributed by atoms with Crippen LogP contribution in [-0.4, -0.2) is 4.57 Å². The van der Waals surface area contributed by atoms with Gasteiger partial charge in [0.1, 0.15) is 11.4 Å². The van der Waals surface area contributed by atoms with Crippen LogP contribution in [0.3, 0.4) is 0 Å². The lowest BCUT2D eigenvalue weighted by Gasteiger charge is -2.10. The fourth-order valence-electron chi connectivity index (χ4n) is 2.17. The number of alkyl halides is 3. The van der Waals surface area contributed by atoms with E-state index in [1.807, 2.05) is 0 Å². The highest BCUT2D eigenvalue weighted by atomic mass is 35.5. The Balaban J connectivity index is 2.31. The molecule has 0 atom stereocenters. The first-order valence-electron chi connectivity index (χ1n) is 6.41. The smallest absolute Gasteiger partial charge is 0.409 e. The second-order valence-electron chi connectivity index (χ2n) is 4.81. The zero-order chi connectivity index (χ0) is 17.6. The summed E-state index contributed by atoms with van der Waals surface area (Å²) in [7, 11) is 0. The molecule has 124 valence electrons. The van der Waals surface area contributed by atoms with E-state index in [9.17, 15) is 27.2 Å². The van der Waals surface area contributed by atoms with E-state index in [0.29, 0.717) is 16.7 Å². The molecule has 0 amide bonds. The van der Waals surface area contributed by atoms with Crippen LogP contribution in [-0.2, 0) is 6.18 Å². The lowest BCUT2D eigenvalue weighted by atomic mass is 10.2. The molecule has 0 bridgehead atoms. The molecule has 1 heterocycles. The lowest BCUT2D eigenvalue weighted by Crippen LogP contribution is -2.31. The van der Waals surface area contributed by atoms with E-state index in [0.717, 1.165) is 0 Å². The SMILES string of the molecule is O=c1oc2ccc(Cl)cc2c(=O)n1-c1ccc(C(F)(F)F)cc1F. The van der Waals surface area contributed by atoms with E-state index < -0.39 is 34.6 Å². The molecule has 0 radical (unpaired) electrons. The van der Waals surface area contributed by atoms with Gasteiger partial charge in [0.25, 0.3) is 5.56 Å². The molecule has 0 saturated heterocycles. The molecule has 0 unspecified atom stereocenters. The van der Waals surface area contributed by atoms with Gasteiger partial charge in [-0.05, 0) is 36.4 Å². The Bertz CT molecular complexity index is 1070. The highest BCUT2D eigenvalue weighted by Crippen LogP contribution is 2.30. The van der Waals surface area contributed by atoms with Crippen LogP contribution >= 0.6 is 11.6 Å². The first kappa shape index (κ1) is 16.3. The van der Waals surface area contributed by atoms with E-state index >= 15 is 0 Å². The highest BCUT2D eigenvalue weighted by Gasteiger charge is 2.31. The zero-order valence-corrected chi connectivity index (χ0v) is 12.3. The Morgan fingerprint density at radius 2 is 1.75 bits per heavy atom. The molecule has 9 heteroatoms. The molecule has 0 aliphatic heterocycles. The van der Waals surface area contributed by atoms with Gasteiger partial charge < -0.3 is 4.42 Å². The first-order valence-corrected chi connectivity index (χ1v) is 6.79. The van der Waals surface area contributed by atoms with Crippen LogP contribution in [0.25, 0.3) is 16.7 Å². The number of nitrogens with zero attached hydrogens (tertiary/aromatic N) is 1. The average molecular weight is 360 g/mol. The standard InChI is InChI=1S/C15H6ClF4NO3/c16-8-2-4-12-9(6-8)13(22)21(14(23)24-12)11-3-1-7(5-10(11)17)15(18,19)20/h1-6H. The lowest BCUT2D eigenvalue weighted by molar-refractivity contribution is -0.137. The Labute approximate surface area is 135 Å². The van der Waals surface area contributed by atoms with Gasteiger partial charge in [0.05, 0.1) is 16.6 Å². The van der Waals surface area contributed by atoms with Crippen molar-refractivity contribution in [2.75, 3.05) is 0 Å². The molecule has 0 aliphatic rings. The fraction of sp³-hybridized carbons (Fsp3) is 0.0667. The summed E-state index contributed by atoms with van der Waals surface area (Å²) in [6.45, 7) is 0. The van der Waals surface area contributed by atoms with Crippen molar-refractivity contribution < 1.29 is 22.0 Å². The number of fused-ring (bicyclic) bond motifs is 1. The summed E-state index contributed by atoms with van der Waals surface area (Å²) < 4.78 is 57.0. The molecule has 2 aromatic carbocycles. The van der Waals surface area contributed by atoms with Gasteiger partial charge in [-0.3, -0.25) is 4.79 Å². The minimum Gasteiger partial charge on any atom is -0.409 e. The van der Waals surface area contributed by atoms with E-state index in [1.54, 1.807) is 0 Å². The second-order valence-corrected chi connectivity index (χ2v) is 5.25. The van der Waals surface area contributed by atoms with Crippen molar-refractivity contribution in [1.82, 2.24) is 4.57 Å². The van der Waals surface area contributed by atoms with Gasteiger partial charge in [-0.15, -0.1) is 0 Å². The molecule has 0 N–H and O–H groups in total. The summed E-state index contributed by atoms with van der Waals surface area (Å²) in [5, 5.41) is 0.0642. The highest BCUT2D eigenvalue weighted by molar-refractivity contribution is 6.31. The van der Waals surface area contributed by atoms with Crippen LogP contribution in [0.5, 0.6) is 0 Å². The maximum atomic E-state index is 14.0. The molecule has 0 spiro atoms. The number of aromatic nitrogens is 1. The molecule has 3 aromatic rings. The average Bonchev–Trinajstić information content (AvgIpc) is 2.48. The van der Waals surface area contributed by atoms with E-state index in [4.69, 9.17) is 16.0 Å². The van der Waals surface area contributed by atoms with Crippen LogP contribution in [0.4, 0.5) is 17.6 Å². The van der Waals surface area contributed by atoms with Gasteiger partial charge in [-0.2, -0.15) is 13.2 Å². The van der Waals surface area contributed by atoms with Crippen LogP contribution in [0, 0.1) is 5.82 Å². The molecule has 0 aliphatic carbocycles. The monoisotopic (exact) mass is 359 g/mol. The van der Waals surface area contributed by atoms with Crippen LogP contribution in [0.1, 0.15) is 5.56 Å². The van der Waals surface area contributed by atoms with Crippen molar-refractivity contribution in [1.29, 1.82) is 0 Å². The van der Waals surface area contributed by atoms with Gasteiger partial charge in [-0.1, -0.05) is 11.6 Å². The third-order valence-electron chi connectivity index (χ3n) is 3.27. The summed E-state index contributed by atoms with van der Waals surface area (Å²) in [4.78, 5) is 24.3. The third kappa shape index (κ3) is 2.69. The largest absolute Gasteiger partial charge is 0.427 e. The molecule has 1 aromatic heterocycles. The maximum Gasteiger partial charge on any atom is 0.427 e. The van der Waals surface area contributed by atoms with E-state index in [1.165, 1.54) is 18.2 Å². The molecule has 24 heavy (non-hydrogen) atoms. The van der Waals surface area contributed by atoms with E-state index in [2.05, 4.69) is 0 Å². The van der Waals surface area contributed by atoms with Gasteiger partial charge in [0, 0.05) is 5.02 Å². The number of benzene rings is 2. The van der Waals surface area contributed by atoms with Gasteiger partial charge in [0.15, 0.2) is 0 Å². The number of halogens is 5. The first-order chi connectivity index (χ1) is 11.2. The maximum absolute atomic E-state index is 14.0. The van der Waals surface area contributed by atoms with Gasteiger partial charge in [0.2, 0.25) is 0 Å². The Morgan fingerprint density at radius 1 is 1.04 bits per heavy atom. The fourth-order valence-corrected chi connectivity index (χ4v) is 2.35. The molecule has 3 rings (SSSR count). The Morgan fingerprint density at radius 3 is 2.38 bits per heavy atom. The van der Waals surface area contributed by atoms with Crippen molar-refractivity contribution in [2.24, 2.45) is 0 Å². The summed E-state index contributed by atoms with van der Waals surface area (Å²) in [6.07, 6.45) is -4.76. The van der Waals surface area contributed by atoms with Crippen molar-refractivity contribution in [3.05, 3.63) is 73.7 Å². The summed E-state index contributed by atoms with van der Waals surface area (Å²) >= 11 is 5.76. The number of rotatable bonds is 1. The number of hydrogen-bond donors (Lipinski definition) is 0. The van der Waals surface area contributed by atoms with Gasteiger partial charge in [-0.25, -0.2) is 13.8 Å². The zero-order valence-electron chi connectivity index (χ0n) is 11.5. The molecule has 4 nitrogen and oxygen atoms in total. The van der Waals surface area contributed by atoms with Crippen LogP contribution in [0.2, 0.25) is 5.02 Å². The molecule has 0 saturated carbocycles. The second kappa shape index (κ2) is 5.48. The topological polar surface area (TPSA) is 52.2 Å². The quantitative estimate of drug-likeness (QED) is 0.622. The minimum absolute atomic E-state index is 0.0713. The van der Waals surface area contributed by atoms with Crippen LogP contribution < -0.4 is 11.3 Å². The Hall–Kier alpha value is -2.61. The number of hydrogen-bond acceptors (Lipinski definition) is 3. The summed E-state index contributed by atoms with van der Waals surface area (Å²) in [5.74, 6) is -2.62. The van der Waals surface area contributed by atoms with Crippen LogP contribution in [0.15, 0.2) is 50.4 Å². The van der Waals surface area contributed by atoms with Crippen molar-refractivity contribution in [3.8, 4) is 5.69 Å². The van der Waals surface area contributed by atoms with Crippen molar-refractivity contribution in [2.45, 2.75) is 6.18 Å². The van der Waals surface area contributed by atoms with E-state index in [-0.39, 0.29) is 22.1 Å². The predicted octanol–water partition coefficient (Wildman–Crippen LogP) is 3.76. The minimum atomic E-state index is -4.76. The predicted molar refractivity (Wildman–Crippen MR) is 78.1 cm³/mol. The summed E-state index contributed by atoms with van der Waals surface area (Å²) in [6, 6.07) is 5.33. The molecular weight excluding hydrogens is 354 g/mol. The Kier molecular flexibility index (Phi) is 3.71. The summed E-state index contributed by atoms with van der Waals surface area (Å²) in [5.41, 5.74) is -2.92. The van der Waals surface area contributed by atoms with Crippen molar-refractivity contribution in [3.63, 3.8) is 0 Å². The molecule has 0 fully saturated rings. The van der Waals surface area contributed by atoms with Crippen molar-refractivity contribution >= 4 is 22.6 Å². The molecular formula is C15H6ClF4NO3. The third-order valence-corrected chi connectivity index (χ3v) is 3.51.